The Labute approximate surface area is 226 Å². The lowest BCUT2D eigenvalue weighted by atomic mass is 10.1. The molecule has 8 nitrogen and oxygen atoms in total. The predicted octanol–water partition coefficient (Wildman–Crippen LogP) is 5.33. The summed E-state index contributed by atoms with van der Waals surface area (Å²) in [5.41, 5.74) is 3.25. The summed E-state index contributed by atoms with van der Waals surface area (Å²) in [6.07, 6.45) is 3.12. The SMILES string of the molecule is COc1ccc(CN(Cc2cccc(OCCCBr)c2OC)C(=O)c2cc(C3CC3)nn2C)c(OC)c1. The van der Waals surface area contributed by atoms with E-state index < -0.39 is 0 Å². The number of carbonyl (C=O) groups excluding carboxylic acids is 1. The molecule has 0 bridgehead atoms. The number of carbonyl (C=O) groups is 1. The van der Waals surface area contributed by atoms with Crippen LogP contribution in [0.15, 0.2) is 42.5 Å². The number of halogens is 1. The van der Waals surface area contributed by atoms with Gasteiger partial charge in [0.1, 0.15) is 17.2 Å². The molecule has 0 aliphatic heterocycles. The van der Waals surface area contributed by atoms with Gasteiger partial charge >= 0.3 is 0 Å². The molecule has 0 spiro atoms. The van der Waals surface area contributed by atoms with E-state index in [1.54, 1.807) is 30.9 Å². The van der Waals surface area contributed by atoms with E-state index in [0.29, 0.717) is 54.3 Å². The van der Waals surface area contributed by atoms with Crippen molar-refractivity contribution in [2.45, 2.75) is 38.3 Å². The lowest BCUT2D eigenvalue weighted by Crippen LogP contribution is -2.32. The van der Waals surface area contributed by atoms with Gasteiger partial charge in [-0.25, -0.2) is 0 Å². The average Bonchev–Trinajstić information content (AvgIpc) is 3.69. The molecule has 1 heterocycles. The molecule has 1 aliphatic rings. The normalized spacial score (nSPS) is 12.8. The Bertz CT molecular complexity index is 1220. The topological polar surface area (TPSA) is 75.0 Å². The molecule has 198 valence electrons. The molecule has 3 aromatic rings. The number of ether oxygens (including phenoxy) is 4. The molecule has 4 rings (SSSR count). The molecule has 0 atom stereocenters. The molecular formula is C28H34BrN3O5. The number of alkyl halides is 1. The summed E-state index contributed by atoms with van der Waals surface area (Å²) in [6, 6.07) is 13.3. The smallest absolute Gasteiger partial charge is 0.272 e. The summed E-state index contributed by atoms with van der Waals surface area (Å²) in [6.45, 7) is 1.21. The Hall–Kier alpha value is -3.20. The van der Waals surface area contributed by atoms with Crippen molar-refractivity contribution in [2.24, 2.45) is 7.05 Å². The molecule has 1 amide bonds. The van der Waals surface area contributed by atoms with Gasteiger partial charge in [0.05, 0.1) is 46.7 Å². The standard InChI is InChI=1S/C28H34BrN3O5/c1-31-24(16-23(30-31)19-9-10-19)28(33)32(17-20-11-12-22(34-2)15-26(20)35-3)18-21-7-5-8-25(27(21)36-4)37-14-6-13-29/h5,7-8,11-12,15-16,19H,6,9-10,13-14,17-18H2,1-4H3. The second-order valence-electron chi connectivity index (χ2n) is 9.03. The first kappa shape index (κ1) is 26.9. The third-order valence-electron chi connectivity index (χ3n) is 6.42. The number of hydrogen-bond acceptors (Lipinski definition) is 6. The van der Waals surface area contributed by atoms with Gasteiger partial charge in [-0.15, -0.1) is 0 Å². The molecule has 2 aromatic carbocycles. The second-order valence-corrected chi connectivity index (χ2v) is 9.82. The van der Waals surface area contributed by atoms with Gasteiger partial charge < -0.3 is 23.8 Å². The third-order valence-corrected chi connectivity index (χ3v) is 6.98. The highest BCUT2D eigenvalue weighted by molar-refractivity contribution is 9.09. The Morgan fingerprint density at radius 3 is 2.49 bits per heavy atom. The zero-order valence-electron chi connectivity index (χ0n) is 21.8. The fraction of sp³-hybridized carbons (Fsp3) is 0.429. The molecule has 0 N–H and O–H groups in total. The van der Waals surface area contributed by atoms with Crippen LogP contribution < -0.4 is 18.9 Å². The van der Waals surface area contributed by atoms with Gasteiger partial charge in [0.15, 0.2) is 11.5 Å². The molecule has 1 fully saturated rings. The summed E-state index contributed by atoms with van der Waals surface area (Å²) in [5, 5.41) is 5.47. The molecule has 1 aliphatic carbocycles. The van der Waals surface area contributed by atoms with Crippen LogP contribution in [0.3, 0.4) is 0 Å². The van der Waals surface area contributed by atoms with E-state index in [-0.39, 0.29) is 5.91 Å². The van der Waals surface area contributed by atoms with Crippen molar-refractivity contribution in [2.75, 3.05) is 33.3 Å². The molecule has 9 heteroatoms. The zero-order chi connectivity index (χ0) is 26.4. The van der Waals surface area contributed by atoms with Gasteiger partial charge in [-0.3, -0.25) is 9.48 Å². The van der Waals surface area contributed by atoms with Crippen molar-refractivity contribution in [1.82, 2.24) is 14.7 Å². The maximum absolute atomic E-state index is 14.0. The van der Waals surface area contributed by atoms with Crippen molar-refractivity contribution in [1.29, 1.82) is 0 Å². The fourth-order valence-corrected chi connectivity index (χ4v) is 4.52. The number of methoxy groups -OCH3 is 3. The maximum Gasteiger partial charge on any atom is 0.272 e. The van der Waals surface area contributed by atoms with Crippen LogP contribution in [0, 0.1) is 0 Å². The molecule has 0 saturated heterocycles. The van der Waals surface area contributed by atoms with Gasteiger partial charge in [-0.2, -0.15) is 5.10 Å². The van der Waals surface area contributed by atoms with Gasteiger partial charge in [0.25, 0.3) is 5.91 Å². The van der Waals surface area contributed by atoms with Crippen LogP contribution in [-0.4, -0.2) is 53.9 Å². The minimum atomic E-state index is -0.118. The summed E-state index contributed by atoms with van der Waals surface area (Å²) in [7, 11) is 6.68. The van der Waals surface area contributed by atoms with E-state index in [2.05, 4.69) is 21.0 Å². The van der Waals surface area contributed by atoms with Crippen LogP contribution in [0.4, 0.5) is 0 Å². The molecule has 0 radical (unpaired) electrons. The lowest BCUT2D eigenvalue weighted by molar-refractivity contribution is 0.0716. The molecule has 1 saturated carbocycles. The number of amides is 1. The average molecular weight is 573 g/mol. The largest absolute Gasteiger partial charge is 0.497 e. The van der Waals surface area contributed by atoms with Gasteiger partial charge in [0.2, 0.25) is 0 Å². The van der Waals surface area contributed by atoms with Crippen LogP contribution in [0.1, 0.15) is 52.5 Å². The second kappa shape index (κ2) is 12.4. The quantitative estimate of drug-likeness (QED) is 0.204. The zero-order valence-corrected chi connectivity index (χ0v) is 23.4. The van der Waals surface area contributed by atoms with Crippen molar-refractivity contribution in [3.05, 3.63) is 65.0 Å². The van der Waals surface area contributed by atoms with E-state index in [1.807, 2.05) is 49.5 Å². The van der Waals surface area contributed by atoms with Crippen LogP contribution >= 0.6 is 15.9 Å². The van der Waals surface area contributed by atoms with Crippen molar-refractivity contribution in [3.8, 4) is 23.0 Å². The number of para-hydroxylation sites is 1. The van der Waals surface area contributed by atoms with E-state index >= 15 is 0 Å². The number of aromatic nitrogens is 2. The highest BCUT2D eigenvalue weighted by Crippen LogP contribution is 2.39. The van der Waals surface area contributed by atoms with Gasteiger partial charge in [-0.05, 0) is 43.5 Å². The van der Waals surface area contributed by atoms with Crippen molar-refractivity contribution < 1.29 is 23.7 Å². The summed E-state index contributed by atoms with van der Waals surface area (Å²) < 4.78 is 24.4. The van der Waals surface area contributed by atoms with Gasteiger partial charge in [0, 0.05) is 35.5 Å². The van der Waals surface area contributed by atoms with Crippen LogP contribution in [0.2, 0.25) is 0 Å². The Morgan fingerprint density at radius 2 is 1.81 bits per heavy atom. The first-order valence-electron chi connectivity index (χ1n) is 12.4. The highest BCUT2D eigenvalue weighted by atomic mass is 79.9. The highest BCUT2D eigenvalue weighted by Gasteiger charge is 2.30. The Balaban J connectivity index is 1.68. The van der Waals surface area contributed by atoms with E-state index in [1.165, 1.54) is 0 Å². The first-order chi connectivity index (χ1) is 18.0. The van der Waals surface area contributed by atoms with Crippen LogP contribution in [0.25, 0.3) is 0 Å². The van der Waals surface area contributed by atoms with Gasteiger partial charge in [-0.1, -0.05) is 28.1 Å². The van der Waals surface area contributed by atoms with E-state index in [9.17, 15) is 4.79 Å². The number of aryl methyl sites for hydroxylation is 1. The lowest BCUT2D eigenvalue weighted by Gasteiger charge is -2.25. The summed E-state index contributed by atoms with van der Waals surface area (Å²) >= 11 is 3.44. The first-order valence-corrected chi connectivity index (χ1v) is 13.5. The number of rotatable bonds is 13. The Kier molecular flexibility index (Phi) is 8.97. The van der Waals surface area contributed by atoms with Crippen LogP contribution in [-0.2, 0) is 20.1 Å². The number of nitrogens with zero attached hydrogens (tertiary/aromatic N) is 3. The third kappa shape index (κ3) is 6.39. The maximum atomic E-state index is 14.0. The number of hydrogen-bond donors (Lipinski definition) is 0. The van der Waals surface area contributed by atoms with Crippen LogP contribution in [0.5, 0.6) is 23.0 Å². The van der Waals surface area contributed by atoms with Crippen molar-refractivity contribution in [3.63, 3.8) is 0 Å². The molecule has 1 aromatic heterocycles. The molecule has 37 heavy (non-hydrogen) atoms. The van der Waals surface area contributed by atoms with E-state index in [0.717, 1.165) is 41.4 Å². The summed E-state index contributed by atoms with van der Waals surface area (Å²) in [5.74, 6) is 2.96. The predicted molar refractivity (Wildman–Crippen MR) is 145 cm³/mol. The molecular weight excluding hydrogens is 538 g/mol. The minimum Gasteiger partial charge on any atom is -0.497 e. The minimum absolute atomic E-state index is 0.118. The Morgan fingerprint density at radius 1 is 1.03 bits per heavy atom. The number of benzene rings is 2. The van der Waals surface area contributed by atoms with Crippen molar-refractivity contribution >= 4 is 21.8 Å². The monoisotopic (exact) mass is 571 g/mol. The molecule has 0 unspecified atom stereocenters. The summed E-state index contributed by atoms with van der Waals surface area (Å²) in [4.78, 5) is 15.8. The van der Waals surface area contributed by atoms with E-state index in [4.69, 9.17) is 18.9 Å². The fourth-order valence-electron chi connectivity index (χ4n) is 4.29.